The van der Waals surface area contributed by atoms with Gasteiger partial charge in [0.05, 0.1) is 13.2 Å². The van der Waals surface area contributed by atoms with Gasteiger partial charge < -0.3 is 19.9 Å². The van der Waals surface area contributed by atoms with Gasteiger partial charge >= 0.3 is 0 Å². The first-order valence-corrected chi connectivity index (χ1v) is 11.6. The maximum atomic E-state index is 5.45. The Bertz CT molecular complexity index is 867. The van der Waals surface area contributed by atoms with Gasteiger partial charge in [0.15, 0.2) is 5.96 Å². The first kappa shape index (κ1) is 22.4. The van der Waals surface area contributed by atoms with Gasteiger partial charge in [0.25, 0.3) is 0 Å². The summed E-state index contributed by atoms with van der Waals surface area (Å²) in [6.07, 6.45) is 4.47. The van der Waals surface area contributed by atoms with E-state index in [1.165, 1.54) is 16.8 Å². The van der Waals surface area contributed by atoms with Crippen LogP contribution in [0.1, 0.15) is 11.1 Å². The summed E-state index contributed by atoms with van der Waals surface area (Å²) in [5.41, 5.74) is 3.81. The molecule has 2 aliphatic heterocycles. The van der Waals surface area contributed by atoms with E-state index in [1.54, 1.807) is 0 Å². The second-order valence-corrected chi connectivity index (χ2v) is 8.27. The number of hydrogen-bond donors (Lipinski definition) is 1. The Morgan fingerprint density at radius 3 is 2.34 bits per heavy atom. The molecule has 2 aromatic carbocycles. The number of guanidine groups is 1. The fourth-order valence-electron chi connectivity index (χ4n) is 4.20. The standard InChI is InChI=1S/C26H35N5O/c1-27-26(28-22-24-9-11-25(12-10-24)30-18-20-32-21-19-30)31-16-14-29(15-17-31)13-5-8-23-6-3-2-4-7-23/h2-12H,13-22H2,1H3,(H,27,28)/b8-5+. The maximum Gasteiger partial charge on any atom is 0.194 e. The van der Waals surface area contributed by atoms with Gasteiger partial charge in [-0.1, -0.05) is 54.6 Å². The van der Waals surface area contributed by atoms with Crippen molar-refractivity contribution in [3.63, 3.8) is 0 Å². The van der Waals surface area contributed by atoms with Crippen molar-refractivity contribution >= 4 is 17.7 Å². The van der Waals surface area contributed by atoms with E-state index in [0.29, 0.717) is 0 Å². The molecule has 2 aromatic rings. The lowest BCUT2D eigenvalue weighted by Gasteiger charge is -2.36. The van der Waals surface area contributed by atoms with Crippen molar-refractivity contribution in [2.45, 2.75) is 6.54 Å². The summed E-state index contributed by atoms with van der Waals surface area (Å²) in [7, 11) is 1.87. The molecule has 0 amide bonds. The number of morpholine rings is 1. The molecule has 0 spiro atoms. The van der Waals surface area contributed by atoms with Crippen LogP contribution in [0.4, 0.5) is 5.69 Å². The number of piperazine rings is 1. The minimum absolute atomic E-state index is 0.788. The van der Waals surface area contributed by atoms with Crippen LogP contribution >= 0.6 is 0 Å². The summed E-state index contributed by atoms with van der Waals surface area (Å²) in [4.78, 5) is 11.8. The van der Waals surface area contributed by atoms with E-state index in [1.807, 2.05) is 7.05 Å². The Morgan fingerprint density at radius 2 is 1.66 bits per heavy atom. The van der Waals surface area contributed by atoms with Crippen LogP contribution in [0.5, 0.6) is 0 Å². The lowest BCUT2D eigenvalue weighted by atomic mass is 10.2. The SMILES string of the molecule is CN=C(NCc1ccc(N2CCOCC2)cc1)N1CCN(C/C=C/c2ccccc2)CC1. The molecule has 0 aromatic heterocycles. The number of nitrogens with one attached hydrogen (secondary N) is 1. The van der Waals surface area contributed by atoms with Gasteiger partial charge in [0, 0.05) is 65.1 Å². The molecule has 0 bridgehead atoms. The Kier molecular flexibility index (Phi) is 8.17. The van der Waals surface area contributed by atoms with E-state index in [-0.39, 0.29) is 0 Å². The van der Waals surface area contributed by atoms with Crippen molar-refractivity contribution in [2.75, 3.05) is 71.0 Å². The quantitative estimate of drug-likeness (QED) is 0.561. The van der Waals surface area contributed by atoms with Gasteiger partial charge in [-0.25, -0.2) is 0 Å². The zero-order valence-corrected chi connectivity index (χ0v) is 19.1. The Labute approximate surface area is 192 Å². The van der Waals surface area contributed by atoms with Crippen LogP contribution in [0.25, 0.3) is 6.08 Å². The average Bonchev–Trinajstić information content (AvgIpc) is 2.87. The molecule has 2 aliphatic rings. The average molecular weight is 434 g/mol. The lowest BCUT2D eigenvalue weighted by molar-refractivity contribution is 0.122. The first-order valence-electron chi connectivity index (χ1n) is 11.6. The van der Waals surface area contributed by atoms with Crippen molar-refractivity contribution in [3.05, 3.63) is 71.8 Å². The fraction of sp³-hybridized carbons (Fsp3) is 0.423. The smallest absolute Gasteiger partial charge is 0.194 e. The minimum atomic E-state index is 0.788. The van der Waals surface area contributed by atoms with E-state index in [9.17, 15) is 0 Å². The third kappa shape index (κ3) is 6.34. The van der Waals surface area contributed by atoms with Gasteiger partial charge in [-0.3, -0.25) is 9.89 Å². The predicted molar refractivity (Wildman–Crippen MR) is 133 cm³/mol. The molecule has 0 saturated carbocycles. The lowest BCUT2D eigenvalue weighted by Crippen LogP contribution is -2.52. The molecular formula is C26H35N5O. The molecule has 1 N–H and O–H groups in total. The molecule has 32 heavy (non-hydrogen) atoms. The van der Waals surface area contributed by atoms with Gasteiger partial charge in [-0.2, -0.15) is 0 Å². The van der Waals surface area contributed by atoms with Crippen LogP contribution in [0.3, 0.4) is 0 Å². The molecule has 0 unspecified atom stereocenters. The van der Waals surface area contributed by atoms with Crippen molar-refractivity contribution in [1.29, 1.82) is 0 Å². The zero-order chi connectivity index (χ0) is 22.0. The summed E-state index contributed by atoms with van der Waals surface area (Å²) >= 11 is 0. The fourth-order valence-corrected chi connectivity index (χ4v) is 4.20. The highest BCUT2D eigenvalue weighted by molar-refractivity contribution is 5.80. The highest BCUT2D eigenvalue weighted by atomic mass is 16.5. The molecule has 0 radical (unpaired) electrons. The number of hydrogen-bond acceptors (Lipinski definition) is 4. The molecular weight excluding hydrogens is 398 g/mol. The molecule has 2 fully saturated rings. The van der Waals surface area contributed by atoms with Crippen molar-refractivity contribution < 1.29 is 4.74 Å². The highest BCUT2D eigenvalue weighted by Gasteiger charge is 2.18. The van der Waals surface area contributed by atoms with Crippen molar-refractivity contribution in [3.8, 4) is 0 Å². The second-order valence-electron chi connectivity index (χ2n) is 8.27. The largest absolute Gasteiger partial charge is 0.378 e. The number of nitrogens with zero attached hydrogens (tertiary/aromatic N) is 4. The number of benzene rings is 2. The van der Waals surface area contributed by atoms with Crippen LogP contribution in [-0.2, 0) is 11.3 Å². The topological polar surface area (TPSA) is 43.3 Å². The molecule has 2 saturated heterocycles. The summed E-state index contributed by atoms with van der Waals surface area (Å²) in [6, 6.07) is 19.3. The molecule has 0 atom stereocenters. The Hall–Kier alpha value is -2.83. The normalized spacial score (nSPS) is 18.3. The van der Waals surface area contributed by atoms with E-state index < -0.39 is 0 Å². The van der Waals surface area contributed by atoms with Crippen LogP contribution < -0.4 is 10.2 Å². The van der Waals surface area contributed by atoms with Gasteiger partial charge in [0.2, 0.25) is 0 Å². The number of rotatable bonds is 6. The highest BCUT2D eigenvalue weighted by Crippen LogP contribution is 2.16. The third-order valence-corrected chi connectivity index (χ3v) is 6.12. The second kappa shape index (κ2) is 11.7. The Morgan fingerprint density at radius 1 is 0.938 bits per heavy atom. The van der Waals surface area contributed by atoms with Gasteiger partial charge in [-0.15, -0.1) is 0 Å². The zero-order valence-electron chi connectivity index (χ0n) is 19.1. The molecule has 6 nitrogen and oxygen atoms in total. The predicted octanol–water partition coefficient (Wildman–Crippen LogP) is 2.93. The van der Waals surface area contributed by atoms with Crippen LogP contribution in [0.15, 0.2) is 65.7 Å². The molecule has 4 rings (SSSR count). The van der Waals surface area contributed by atoms with E-state index in [4.69, 9.17) is 4.74 Å². The summed E-state index contributed by atoms with van der Waals surface area (Å²) in [5, 5.41) is 3.54. The molecule has 0 aliphatic carbocycles. The third-order valence-electron chi connectivity index (χ3n) is 6.12. The van der Waals surface area contributed by atoms with E-state index in [2.05, 4.69) is 91.8 Å². The number of ether oxygens (including phenoxy) is 1. The van der Waals surface area contributed by atoms with Gasteiger partial charge in [-0.05, 0) is 23.3 Å². The monoisotopic (exact) mass is 433 g/mol. The number of aliphatic imine (C=N–C) groups is 1. The molecule has 6 heteroatoms. The number of anilines is 1. The molecule has 170 valence electrons. The van der Waals surface area contributed by atoms with E-state index in [0.717, 1.165) is 71.5 Å². The Balaban J connectivity index is 1.20. The van der Waals surface area contributed by atoms with Crippen molar-refractivity contribution in [1.82, 2.24) is 15.1 Å². The van der Waals surface area contributed by atoms with Crippen molar-refractivity contribution in [2.24, 2.45) is 4.99 Å². The first-order chi connectivity index (χ1) is 15.8. The minimum Gasteiger partial charge on any atom is -0.378 e. The van der Waals surface area contributed by atoms with E-state index >= 15 is 0 Å². The van der Waals surface area contributed by atoms with Crippen LogP contribution in [0.2, 0.25) is 0 Å². The van der Waals surface area contributed by atoms with Gasteiger partial charge in [0.1, 0.15) is 0 Å². The molecule has 2 heterocycles. The summed E-state index contributed by atoms with van der Waals surface area (Å²) in [6.45, 7) is 9.44. The van der Waals surface area contributed by atoms with Crippen LogP contribution in [0, 0.1) is 0 Å². The van der Waals surface area contributed by atoms with Crippen LogP contribution in [-0.4, -0.2) is 81.8 Å². The maximum absolute atomic E-state index is 5.45. The summed E-state index contributed by atoms with van der Waals surface area (Å²) in [5.74, 6) is 0.988. The summed E-state index contributed by atoms with van der Waals surface area (Å²) < 4.78 is 5.45.